The average molecular weight is 901 g/mol. The molecule has 8 heterocycles. The average Bonchev–Trinajstić information content (AvgIpc) is 3.90. The highest BCUT2D eigenvalue weighted by Crippen LogP contribution is 2.97. The molecule has 21 nitrogen and oxygen atoms in total. The van der Waals surface area contributed by atoms with Gasteiger partial charge < -0.3 is 43.2 Å². The molecule has 1 amide bonds. The van der Waals surface area contributed by atoms with Crippen LogP contribution in [0.1, 0.15) is 66.1 Å². The summed E-state index contributed by atoms with van der Waals surface area (Å²) < 4.78 is 148. The lowest BCUT2D eigenvalue weighted by atomic mass is 10.1. The van der Waals surface area contributed by atoms with Crippen molar-refractivity contribution in [2.24, 2.45) is 11.6 Å². The minimum atomic E-state index is -6.19. The third kappa shape index (κ3) is 7.24. The standard InChI is InChI=1S/C26H34F2N4O17P4S2/c1-24(2)43-15-13(41-20(18(15)46-24)23-32-12(9-55-23)21(29)33)6-39-50(34)10-51(35)48-52(36,26(27,28)53(37,47-50)49-51)40-7-14-16-17(45-25(3,4)44-16)19(42-14)22-31-11(5-38-30)8-54-22/h8-9,13-20H,5-7,10,30H2,1-4H3,(H2,29,33)/t13-,14-,15?,16?,17?,18?,19-,20-,50?,51?,52?,53?/m1/s1. The molecule has 12 atom stereocenters. The third-order valence-electron chi connectivity index (χ3n) is 8.91. The van der Waals surface area contributed by atoms with Crippen molar-refractivity contribution >= 4 is 59.0 Å². The van der Waals surface area contributed by atoms with Gasteiger partial charge in [0.1, 0.15) is 71.1 Å². The van der Waals surface area contributed by atoms with Crippen LogP contribution in [0.25, 0.3) is 0 Å². The summed E-state index contributed by atoms with van der Waals surface area (Å²) in [5, 5.41) is -1.38. The monoisotopic (exact) mass is 900 g/mol. The van der Waals surface area contributed by atoms with Crippen LogP contribution in [-0.2, 0) is 80.1 Å². The maximum atomic E-state index is 16.1. The molecule has 29 heteroatoms. The van der Waals surface area contributed by atoms with Crippen molar-refractivity contribution in [3.05, 3.63) is 32.2 Å². The molecule has 2 bridgehead atoms. The van der Waals surface area contributed by atoms with Crippen LogP contribution in [0, 0.1) is 0 Å². The Labute approximate surface area is 318 Å². The van der Waals surface area contributed by atoms with Crippen molar-refractivity contribution in [1.29, 1.82) is 0 Å². The van der Waals surface area contributed by atoms with Crippen molar-refractivity contribution in [2.75, 3.05) is 19.1 Å². The van der Waals surface area contributed by atoms with E-state index in [1.165, 1.54) is 16.7 Å². The molecule has 0 aromatic carbocycles. The van der Waals surface area contributed by atoms with Crippen LogP contribution in [0.5, 0.6) is 0 Å². The first kappa shape index (κ1) is 40.8. The van der Waals surface area contributed by atoms with Gasteiger partial charge in [0, 0.05) is 10.8 Å². The number of nitrogens with zero attached hydrogens (tertiary/aromatic N) is 2. The van der Waals surface area contributed by atoms with Crippen LogP contribution in [0.3, 0.4) is 0 Å². The third-order valence-corrected chi connectivity index (χ3v) is 22.9. The van der Waals surface area contributed by atoms with E-state index in [2.05, 4.69) is 19.1 Å². The number of hydrogen-bond acceptors (Lipinski definition) is 22. The molecule has 8 rings (SSSR count). The Hall–Kier alpha value is -1.01. The molecule has 6 fully saturated rings. The van der Waals surface area contributed by atoms with E-state index in [9.17, 15) is 23.1 Å². The van der Waals surface area contributed by atoms with Crippen molar-refractivity contribution < 1.29 is 87.1 Å². The van der Waals surface area contributed by atoms with Gasteiger partial charge in [-0.25, -0.2) is 28.8 Å². The van der Waals surface area contributed by atoms with Gasteiger partial charge in [-0.3, -0.25) is 27.9 Å². The number of carbonyl (C=O) groups is 1. The number of aromatic nitrogens is 2. The maximum Gasteiger partial charge on any atom is 0.445 e. The topological polar surface area (TPSA) is 274 Å². The van der Waals surface area contributed by atoms with Crippen molar-refractivity contribution in [3.63, 3.8) is 0 Å². The van der Waals surface area contributed by atoms with Crippen molar-refractivity contribution in [1.82, 2.24) is 9.97 Å². The van der Waals surface area contributed by atoms with E-state index in [-0.39, 0.29) is 17.3 Å². The van der Waals surface area contributed by atoms with Gasteiger partial charge in [-0.2, -0.15) is 8.78 Å². The van der Waals surface area contributed by atoms with Gasteiger partial charge in [-0.1, -0.05) is 0 Å². The maximum absolute atomic E-state index is 16.1. The van der Waals surface area contributed by atoms with Crippen molar-refractivity contribution in [2.45, 2.75) is 100 Å². The highest BCUT2D eigenvalue weighted by molar-refractivity contribution is 7.92. The van der Waals surface area contributed by atoms with E-state index in [1.54, 1.807) is 33.1 Å². The number of carbonyl (C=O) groups excluding carboxylic acids is 1. The van der Waals surface area contributed by atoms with E-state index >= 15 is 8.78 Å². The zero-order chi connectivity index (χ0) is 39.6. The summed E-state index contributed by atoms with van der Waals surface area (Å²) in [6.45, 7) is 4.79. The predicted octanol–water partition coefficient (Wildman–Crippen LogP) is 5.10. The zero-order valence-electron chi connectivity index (χ0n) is 29.0. The minimum absolute atomic E-state index is 0.00422. The molecule has 0 aliphatic carbocycles. The molecule has 306 valence electrons. The Morgan fingerprint density at radius 1 is 0.836 bits per heavy atom. The Balaban J connectivity index is 0.973. The summed E-state index contributed by atoms with van der Waals surface area (Å²) in [5.41, 5.74) is 5.78. The first-order valence-electron chi connectivity index (χ1n) is 16.3. The second-order valence-corrected chi connectivity index (χ2v) is 25.2. The van der Waals surface area contributed by atoms with Crippen LogP contribution in [0.2, 0.25) is 0 Å². The fraction of sp³-hybridized carbons (Fsp3) is 0.731. The predicted molar refractivity (Wildman–Crippen MR) is 180 cm³/mol. The normalized spacial score (nSPS) is 43.7. The van der Waals surface area contributed by atoms with E-state index in [4.69, 9.17) is 57.7 Å². The molecule has 2 aromatic rings. The van der Waals surface area contributed by atoms with Gasteiger partial charge in [0.05, 0.1) is 18.9 Å². The molecule has 0 spiro atoms. The van der Waals surface area contributed by atoms with E-state index < -0.39 is 121 Å². The molecule has 55 heavy (non-hydrogen) atoms. The molecule has 0 saturated carbocycles. The van der Waals surface area contributed by atoms with E-state index in [1.807, 2.05) is 0 Å². The number of alkyl halides is 2. The number of ether oxygens (including phenoxy) is 6. The largest absolute Gasteiger partial charge is 0.445 e. The van der Waals surface area contributed by atoms with Crippen LogP contribution >= 0.6 is 53.1 Å². The summed E-state index contributed by atoms with van der Waals surface area (Å²) in [7, 11) is -22.5. The second kappa shape index (κ2) is 13.8. The number of fused-ring (bicyclic) bond motifs is 4. The van der Waals surface area contributed by atoms with Crippen LogP contribution in [0.4, 0.5) is 8.78 Å². The molecule has 6 saturated heterocycles. The lowest BCUT2D eigenvalue weighted by Crippen LogP contribution is -2.35. The summed E-state index contributed by atoms with van der Waals surface area (Å²) in [5.74, 6) is 0.683. The van der Waals surface area contributed by atoms with Crippen LogP contribution < -0.4 is 11.6 Å². The first-order valence-corrected chi connectivity index (χ1v) is 24.6. The molecule has 2 aromatic heterocycles. The summed E-state index contributed by atoms with van der Waals surface area (Å²) >= 11 is 2.22. The van der Waals surface area contributed by atoms with Gasteiger partial charge in [0.25, 0.3) is 5.91 Å². The summed E-state index contributed by atoms with van der Waals surface area (Å²) in [4.78, 5) is 24.8. The number of primary amides is 1. The smallest absolute Gasteiger partial charge is 0.364 e. The number of rotatable bonds is 11. The SMILES string of the molecule is CC1(C)OC2C(O1)[C@H](c1nc(CON)cs1)O[C@@H]2COP1(=O)OP2(=O)CP(=O)(OC[C@H]3O[C@@H](c4nc(C(N)=O)cs4)C4OC(C)(C)OC43)OP(=O)(O2)C1(F)F. The molecular weight excluding hydrogens is 866 g/mol. The summed E-state index contributed by atoms with van der Waals surface area (Å²) in [6, 6.07) is 0. The lowest BCUT2D eigenvalue weighted by Gasteiger charge is -2.43. The van der Waals surface area contributed by atoms with Crippen LogP contribution in [-0.4, -0.2) is 88.6 Å². The van der Waals surface area contributed by atoms with E-state index in [0.717, 1.165) is 11.3 Å². The molecular formula is C26H34F2N4O17P4S2. The second-order valence-electron chi connectivity index (χ2n) is 13.9. The Kier molecular flexibility index (Phi) is 10.2. The molecule has 6 aliphatic rings. The minimum Gasteiger partial charge on any atom is -0.364 e. The van der Waals surface area contributed by atoms with Gasteiger partial charge in [-0.15, -0.1) is 22.7 Å². The number of hydrogen-bond donors (Lipinski definition) is 2. The quantitative estimate of drug-likeness (QED) is 0.219. The lowest BCUT2D eigenvalue weighted by molar-refractivity contribution is -0.190. The van der Waals surface area contributed by atoms with E-state index in [0.29, 0.717) is 10.7 Å². The Bertz CT molecular complexity index is 2070. The fourth-order valence-electron chi connectivity index (χ4n) is 6.80. The van der Waals surface area contributed by atoms with Gasteiger partial charge in [-0.05, 0) is 27.7 Å². The van der Waals surface area contributed by atoms with Gasteiger partial charge in [0.2, 0.25) is 0 Å². The first-order chi connectivity index (χ1) is 25.6. The number of halogens is 2. The fourth-order valence-corrected chi connectivity index (χ4v) is 22.1. The van der Waals surface area contributed by atoms with Gasteiger partial charge >= 0.3 is 35.8 Å². The molecule has 6 aliphatic heterocycles. The summed E-state index contributed by atoms with van der Waals surface area (Å²) in [6.07, 6.45) is -7.74. The molecule has 4 N–H and O–H groups in total. The molecule has 8 unspecified atom stereocenters. The zero-order valence-corrected chi connectivity index (χ0v) is 34.2. The number of amides is 1. The van der Waals surface area contributed by atoms with Crippen molar-refractivity contribution in [3.8, 4) is 0 Å². The molecule has 0 radical (unpaired) electrons. The number of thiazole rings is 2. The van der Waals surface area contributed by atoms with Crippen LogP contribution in [0.15, 0.2) is 10.8 Å². The number of nitrogens with two attached hydrogens (primary N) is 2. The van der Waals surface area contributed by atoms with Gasteiger partial charge in [0.15, 0.2) is 17.5 Å². The highest BCUT2D eigenvalue weighted by atomic mass is 32.1. The Morgan fingerprint density at radius 3 is 1.95 bits per heavy atom. The highest BCUT2D eigenvalue weighted by Gasteiger charge is 2.80. The Morgan fingerprint density at radius 2 is 1.38 bits per heavy atom.